The fourth-order valence-electron chi connectivity index (χ4n) is 1.52. The van der Waals surface area contributed by atoms with Gasteiger partial charge in [-0.25, -0.2) is 0 Å². The summed E-state index contributed by atoms with van der Waals surface area (Å²) in [6.45, 7) is 5.97. The van der Waals surface area contributed by atoms with Gasteiger partial charge in [0.1, 0.15) is 0 Å². The van der Waals surface area contributed by atoms with Crippen molar-refractivity contribution >= 4 is 17.3 Å². The van der Waals surface area contributed by atoms with E-state index in [1.807, 2.05) is 32.2 Å². The maximum absolute atomic E-state index is 10.6. The minimum atomic E-state index is -0.738. The molecule has 13 heavy (non-hydrogen) atoms. The van der Waals surface area contributed by atoms with E-state index in [1.54, 1.807) is 11.3 Å². The largest absolute Gasteiger partial charge is 0.481 e. The lowest BCUT2D eigenvalue weighted by Crippen LogP contribution is -2.21. The summed E-state index contributed by atoms with van der Waals surface area (Å²) < 4.78 is 0. The van der Waals surface area contributed by atoms with Crippen LogP contribution in [0.25, 0.3) is 0 Å². The Morgan fingerprint density at radius 1 is 1.62 bits per heavy atom. The van der Waals surface area contributed by atoms with E-state index in [2.05, 4.69) is 0 Å². The summed E-state index contributed by atoms with van der Waals surface area (Å²) in [7, 11) is 0. The molecule has 0 amide bonds. The van der Waals surface area contributed by atoms with Crippen molar-refractivity contribution in [3.8, 4) is 0 Å². The van der Waals surface area contributed by atoms with Crippen LogP contribution in [-0.2, 0) is 10.2 Å². The molecule has 1 aromatic rings. The second-order valence-electron chi connectivity index (χ2n) is 3.89. The van der Waals surface area contributed by atoms with E-state index in [1.165, 1.54) is 10.4 Å². The molecule has 0 saturated carbocycles. The van der Waals surface area contributed by atoms with Crippen LogP contribution >= 0.6 is 11.3 Å². The molecule has 0 aromatic carbocycles. The van der Waals surface area contributed by atoms with Crippen molar-refractivity contribution in [2.24, 2.45) is 0 Å². The summed E-state index contributed by atoms with van der Waals surface area (Å²) in [5, 5.41) is 10.8. The summed E-state index contributed by atoms with van der Waals surface area (Å²) in [5.74, 6) is -0.738. The zero-order valence-electron chi connectivity index (χ0n) is 8.13. The van der Waals surface area contributed by atoms with E-state index < -0.39 is 5.97 Å². The highest BCUT2D eigenvalue weighted by Crippen LogP contribution is 2.33. The van der Waals surface area contributed by atoms with Gasteiger partial charge in [-0.1, -0.05) is 13.8 Å². The summed E-state index contributed by atoms with van der Waals surface area (Å²) in [6, 6.07) is 2.03. The minimum Gasteiger partial charge on any atom is -0.481 e. The van der Waals surface area contributed by atoms with Crippen LogP contribution in [0.2, 0.25) is 0 Å². The Kier molecular flexibility index (Phi) is 2.76. The molecule has 0 atom stereocenters. The molecule has 3 heteroatoms. The molecule has 2 nitrogen and oxygen atoms in total. The van der Waals surface area contributed by atoms with E-state index in [0.29, 0.717) is 0 Å². The lowest BCUT2D eigenvalue weighted by atomic mass is 9.86. The van der Waals surface area contributed by atoms with Crippen molar-refractivity contribution in [3.63, 3.8) is 0 Å². The van der Waals surface area contributed by atoms with Gasteiger partial charge in [0.05, 0.1) is 6.42 Å². The second-order valence-corrected chi connectivity index (χ2v) is 4.80. The number of carboxylic acid groups (broad SMARTS) is 1. The Hall–Kier alpha value is -0.830. The SMILES string of the molecule is Cc1ccsc1C(C)(C)CC(=O)O. The average molecular weight is 198 g/mol. The normalized spacial score (nSPS) is 11.6. The van der Waals surface area contributed by atoms with Gasteiger partial charge in [-0.3, -0.25) is 4.79 Å². The number of carbonyl (C=O) groups is 1. The number of rotatable bonds is 3. The molecule has 72 valence electrons. The molecule has 0 spiro atoms. The molecule has 0 saturated heterocycles. The van der Waals surface area contributed by atoms with Gasteiger partial charge in [0.2, 0.25) is 0 Å². The molecule has 1 aromatic heterocycles. The maximum Gasteiger partial charge on any atom is 0.304 e. The molecule has 0 aliphatic heterocycles. The Labute approximate surface area is 82.2 Å². The van der Waals surface area contributed by atoms with Gasteiger partial charge in [-0.2, -0.15) is 0 Å². The molecule has 0 radical (unpaired) electrons. The fourth-order valence-corrected chi connectivity index (χ4v) is 2.58. The van der Waals surface area contributed by atoms with Crippen LogP contribution in [0, 0.1) is 6.92 Å². The number of thiophene rings is 1. The van der Waals surface area contributed by atoms with Gasteiger partial charge in [0, 0.05) is 10.3 Å². The number of aryl methyl sites for hydroxylation is 1. The predicted molar refractivity (Wildman–Crippen MR) is 54.3 cm³/mol. The molecule has 1 rings (SSSR count). The highest BCUT2D eigenvalue weighted by Gasteiger charge is 2.26. The predicted octanol–water partition coefficient (Wildman–Crippen LogP) is 2.81. The summed E-state index contributed by atoms with van der Waals surface area (Å²) in [6.07, 6.45) is 0.189. The highest BCUT2D eigenvalue weighted by molar-refractivity contribution is 7.10. The van der Waals surface area contributed by atoms with Gasteiger partial charge >= 0.3 is 5.97 Å². The molecular formula is C10H14O2S. The van der Waals surface area contributed by atoms with E-state index in [0.717, 1.165) is 0 Å². The Bertz CT molecular complexity index is 312. The lowest BCUT2D eigenvalue weighted by molar-refractivity contribution is -0.138. The first-order valence-electron chi connectivity index (χ1n) is 4.20. The summed E-state index contributed by atoms with van der Waals surface area (Å²) in [5.41, 5.74) is 0.945. The van der Waals surface area contributed by atoms with Gasteiger partial charge in [-0.05, 0) is 23.9 Å². The molecule has 1 N–H and O–H groups in total. The first-order valence-corrected chi connectivity index (χ1v) is 5.08. The van der Waals surface area contributed by atoms with E-state index in [-0.39, 0.29) is 11.8 Å². The third-order valence-corrected chi connectivity index (χ3v) is 3.45. The molecule has 1 heterocycles. The fraction of sp³-hybridized carbons (Fsp3) is 0.500. The molecule has 0 aliphatic rings. The monoisotopic (exact) mass is 198 g/mol. The molecule has 0 fully saturated rings. The topological polar surface area (TPSA) is 37.3 Å². The lowest BCUT2D eigenvalue weighted by Gasteiger charge is -2.21. The van der Waals surface area contributed by atoms with Crippen LogP contribution in [-0.4, -0.2) is 11.1 Å². The van der Waals surface area contributed by atoms with Crippen molar-refractivity contribution in [1.82, 2.24) is 0 Å². The third-order valence-electron chi connectivity index (χ3n) is 2.07. The summed E-state index contributed by atoms with van der Waals surface area (Å²) >= 11 is 1.64. The second kappa shape index (κ2) is 3.50. The zero-order valence-corrected chi connectivity index (χ0v) is 8.94. The van der Waals surface area contributed by atoms with Crippen molar-refractivity contribution in [1.29, 1.82) is 0 Å². The number of hydrogen-bond acceptors (Lipinski definition) is 2. The number of carboxylic acids is 1. The van der Waals surface area contributed by atoms with Crippen molar-refractivity contribution in [3.05, 3.63) is 21.9 Å². The average Bonchev–Trinajstić information content (AvgIpc) is 2.32. The van der Waals surface area contributed by atoms with Gasteiger partial charge in [0.15, 0.2) is 0 Å². The smallest absolute Gasteiger partial charge is 0.304 e. The number of aliphatic carboxylic acids is 1. The molecule has 0 unspecified atom stereocenters. The molecule has 0 aliphatic carbocycles. The first-order chi connectivity index (χ1) is 5.93. The van der Waals surface area contributed by atoms with Crippen LogP contribution in [0.3, 0.4) is 0 Å². The number of hydrogen-bond donors (Lipinski definition) is 1. The first kappa shape index (κ1) is 10.3. The van der Waals surface area contributed by atoms with Gasteiger partial charge in [-0.15, -0.1) is 11.3 Å². The van der Waals surface area contributed by atoms with Gasteiger partial charge in [0.25, 0.3) is 0 Å². The highest BCUT2D eigenvalue weighted by atomic mass is 32.1. The van der Waals surface area contributed by atoms with E-state index in [4.69, 9.17) is 5.11 Å². The minimum absolute atomic E-state index is 0.189. The Balaban J connectivity index is 2.93. The maximum atomic E-state index is 10.6. The quantitative estimate of drug-likeness (QED) is 0.810. The standard InChI is InChI=1S/C10H14O2S/c1-7-4-5-13-9(7)10(2,3)6-8(11)12/h4-5H,6H2,1-3H3,(H,11,12). The van der Waals surface area contributed by atoms with Crippen molar-refractivity contribution in [2.45, 2.75) is 32.6 Å². The van der Waals surface area contributed by atoms with Crippen LogP contribution in [0.15, 0.2) is 11.4 Å². The van der Waals surface area contributed by atoms with Crippen LogP contribution in [0.5, 0.6) is 0 Å². The summed E-state index contributed by atoms with van der Waals surface area (Å²) in [4.78, 5) is 11.8. The van der Waals surface area contributed by atoms with E-state index >= 15 is 0 Å². The van der Waals surface area contributed by atoms with Gasteiger partial charge < -0.3 is 5.11 Å². The van der Waals surface area contributed by atoms with Crippen LogP contribution in [0.1, 0.15) is 30.7 Å². The Morgan fingerprint density at radius 2 is 2.23 bits per heavy atom. The zero-order chi connectivity index (χ0) is 10.1. The third kappa shape index (κ3) is 2.31. The van der Waals surface area contributed by atoms with Crippen molar-refractivity contribution < 1.29 is 9.90 Å². The van der Waals surface area contributed by atoms with Crippen LogP contribution < -0.4 is 0 Å². The molecule has 0 bridgehead atoms. The molecular weight excluding hydrogens is 184 g/mol. The van der Waals surface area contributed by atoms with Crippen LogP contribution in [0.4, 0.5) is 0 Å². The van der Waals surface area contributed by atoms with E-state index in [9.17, 15) is 4.79 Å². The van der Waals surface area contributed by atoms with Crippen molar-refractivity contribution in [2.75, 3.05) is 0 Å². The Morgan fingerprint density at radius 3 is 2.62 bits per heavy atom.